The van der Waals surface area contributed by atoms with E-state index in [0.29, 0.717) is 0 Å². The number of nitrogens with two attached hydrogens (primary N) is 1. The highest BCUT2D eigenvalue weighted by atomic mass is 16.1. The van der Waals surface area contributed by atoms with E-state index in [-0.39, 0.29) is 5.78 Å². The minimum atomic E-state index is 0.187. The molecule has 0 aliphatic heterocycles. The fourth-order valence-electron chi connectivity index (χ4n) is 2.37. The molecule has 0 aromatic heterocycles. The van der Waals surface area contributed by atoms with Crippen molar-refractivity contribution in [2.75, 3.05) is 6.54 Å². The van der Waals surface area contributed by atoms with Gasteiger partial charge in [-0.1, -0.05) is 90.8 Å². The number of rotatable bonds is 3. The monoisotopic (exact) mass is 355 g/mol. The van der Waals surface area contributed by atoms with Crippen LogP contribution in [0, 0.1) is 0 Å². The Hall–Kier alpha value is -1.93. The molecule has 0 amide bonds. The molecule has 0 saturated carbocycles. The van der Waals surface area contributed by atoms with Crippen LogP contribution in [0.4, 0.5) is 0 Å². The van der Waals surface area contributed by atoms with Crippen LogP contribution in [0.5, 0.6) is 0 Å². The lowest BCUT2D eigenvalue weighted by atomic mass is 9.87. The average molecular weight is 356 g/mol. The van der Waals surface area contributed by atoms with Crippen molar-refractivity contribution >= 4 is 22.6 Å². The predicted molar refractivity (Wildman–Crippen MR) is 118 cm³/mol. The van der Waals surface area contributed by atoms with Gasteiger partial charge in [0.05, 0.1) is 0 Å². The minimum absolute atomic E-state index is 0.187. The van der Waals surface area contributed by atoms with E-state index in [1.165, 1.54) is 18.4 Å². The summed E-state index contributed by atoms with van der Waals surface area (Å²) in [6, 6.07) is 12.1. The van der Waals surface area contributed by atoms with Crippen LogP contribution in [-0.2, 0) is 0 Å². The Balaban J connectivity index is 0.000000529. The van der Waals surface area contributed by atoms with Gasteiger partial charge in [0.15, 0.2) is 5.78 Å². The molecule has 0 bridgehead atoms. The van der Waals surface area contributed by atoms with Gasteiger partial charge in [0.1, 0.15) is 0 Å². The molecule has 0 fully saturated rings. The van der Waals surface area contributed by atoms with Gasteiger partial charge in [-0.2, -0.15) is 0 Å². The average Bonchev–Trinajstić information content (AvgIpc) is 2.72. The van der Waals surface area contributed by atoms with Crippen molar-refractivity contribution in [1.29, 1.82) is 0 Å². The molecular formula is C24H37NO. The second-order valence-electron chi connectivity index (χ2n) is 5.89. The zero-order valence-corrected chi connectivity index (χ0v) is 17.6. The number of allylic oxidation sites excluding steroid dienone is 1. The van der Waals surface area contributed by atoms with E-state index in [2.05, 4.69) is 39.0 Å². The fourth-order valence-corrected chi connectivity index (χ4v) is 2.37. The van der Waals surface area contributed by atoms with Gasteiger partial charge in [-0.3, -0.25) is 4.79 Å². The van der Waals surface area contributed by atoms with Gasteiger partial charge >= 0.3 is 0 Å². The number of hydrogen-bond acceptors (Lipinski definition) is 2. The summed E-state index contributed by atoms with van der Waals surface area (Å²) < 4.78 is 0. The molecule has 26 heavy (non-hydrogen) atoms. The maximum absolute atomic E-state index is 12.2. The van der Waals surface area contributed by atoms with Crippen LogP contribution >= 0.6 is 0 Å². The number of Topliss-reactive ketones (excluding diaryl/α,β-unsaturated/α-hetero) is 1. The SMILES string of the molecule is CC.CCC1=Cc2cccc3cccc(c23)C1=O.CCCC.CCCN. The Labute approximate surface area is 160 Å². The summed E-state index contributed by atoms with van der Waals surface area (Å²) in [7, 11) is 0. The van der Waals surface area contributed by atoms with E-state index in [4.69, 9.17) is 5.73 Å². The molecule has 2 N–H and O–H groups in total. The maximum Gasteiger partial charge on any atom is 0.189 e. The topological polar surface area (TPSA) is 43.1 Å². The number of hydrogen-bond donors (Lipinski definition) is 1. The van der Waals surface area contributed by atoms with Crippen LogP contribution < -0.4 is 5.73 Å². The zero-order chi connectivity index (χ0) is 19.9. The normalized spacial score (nSPS) is 11.2. The summed E-state index contributed by atoms with van der Waals surface area (Å²) in [6.07, 6.45) is 6.56. The third-order valence-electron chi connectivity index (χ3n) is 3.97. The molecule has 0 saturated heterocycles. The van der Waals surface area contributed by atoms with Gasteiger partial charge in [-0.15, -0.1) is 0 Å². The lowest BCUT2D eigenvalue weighted by Gasteiger charge is -2.15. The Morgan fingerprint density at radius 3 is 1.85 bits per heavy atom. The molecule has 0 heterocycles. The molecule has 0 atom stereocenters. The summed E-state index contributed by atoms with van der Waals surface area (Å²) in [4.78, 5) is 12.2. The maximum atomic E-state index is 12.2. The molecule has 0 radical (unpaired) electrons. The van der Waals surface area contributed by atoms with Crippen LogP contribution in [-0.4, -0.2) is 12.3 Å². The molecule has 3 rings (SSSR count). The molecular weight excluding hydrogens is 318 g/mol. The first-order chi connectivity index (χ1) is 12.6. The molecule has 2 nitrogen and oxygen atoms in total. The third kappa shape index (κ3) is 6.76. The van der Waals surface area contributed by atoms with E-state index in [9.17, 15) is 4.79 Å². The molecule has 2 heteroatoms. The second kappa shape index (κ2) is 14.3. The number of carbonyl (C=O) groups is 1. The molecule has 2 aromatic rings. The minimum Gasteiger partial charge on any atom is -0.330 e. The van der Waals surface area contributed by atoms with Crippen molar-refractivity contribution in [3.63, 3.8) is 0 Å². The third-order valence-corrected chi connectivity index (χ3v) is 3.97. The van der Waals surface area contributed by atoms with E-state index in [1.807, 2.05) is 45.0 Å². The van der Waals surface area contributed by atoms with Gasteiger partial charge in [0.2, 0.25) is 0 Å². The number of unbranched alkanes of at least 4 members (excludes halogenated alkanes) is 1. The predicted octanol–water partition coefficient (Wildman–Crippen LogP) is 7.02. The smallest absolute Gasteiger partial charge is 0.189 e. The highest BCUT2D eigenvalue weighted by molar-refractivity contribution is 6.22. The summed E-state index contributed by atoms with van der Waals surface area (Å²) in [5, 5.41) is 2.25. The summed E-state index contributed by atoms with van der Waals surface area (Å²) >= 11 is 0. The Bertz CT molecular complexity index is 672. The van der Waals surface area contributed by atoms with Crippen molar-refractivity contribution in [3.8, 4) is 0 Å². The number of benzene rings is 2. The van der Waals surface area contributed by atoms with E-state index in [0.717, 1.165) is 41.3 Å². The Morgan fingerprint density at radius 2 is 1.38 bits per heavy atom. The van der Waals surface area contributed by atoms with Crippen LogP contribution in [0.3, 0.4) is 0 Å². The zero-order valence-electron chi connectivity index (χ0n) is 17.6. The van der Waals surface area contributed by atoms with Crippen molar-refractivity contribution < 1.29 is 4.79 Å². The quantitative estimate of drug-likeness (QED) is 0.643. The van der Waals surface area contributed by atoms with Gasteiger partial charge in [-0.25, -0.2) is 0 Å². The van der Waals surface area contributed by atoms with Gasteiger partial charge in [0.25, 0.3) is 0 Å². The van der Waals surface area contributed by atoms with Crippen LogP contribution in [0.25, 0.3) is 16.8 Å². The molecule has 2 aromatic carbocycles. The molecule has 0 unspecified atom stereocenters. The van der Waals surface area contributed by atoms with Crippen molar-refractivity contribution in [3.05, 3.63) is 53.1 Å². The van der Waals surface area contributed by atoms with Gasteiger partial charge in [-0.05, 0) is 36.4 Å². The highest BCUT2D eigenvalue weighted by Crippen LogP contribution is 2.31. The Morgan fingerprint density at radius 1 is 0.846 bits per heavy atom. The van der Waals surface area contributed by atoms with Gasteiger partial charge < -0.3 is 5.73 Å². The van der Waals surface area contributed by atoms with Crippen molar-refractivity contribution in [1.82, 2.24) is 0 Å². The van der Waals surface area contributed by atoms with Crippen molar-refractivity contribution in [2.45, 2.75) is 67.2 Å². The fraction of sp³-hybridized carbons (Fsp3) is 0.458. The molecule has 144 valence electrons. The molecule has 1 aliphatic carbocycles. The summed E-state index contributed by atoms with van der Waals surface area (Å²) in [5.74, 6) is 0.187. The lowest BCUT2D eigenvalue weighted by molar-refractivity contribution is 0.103. The van der Waals surface area contributed by atoms with Gasteiger partial charge in [0, 0.05) is 16.5 Å². The van der Waals surface area contributed by atoms with Crippen LogP contribution in [0.2, 0.25) is 0 Å². The van der Waals surface area contributed by atoms with E-state index < -0.39 is 0 Å². The summed E-state index contributed by atoms with van der Waals surface area (Å²) in [6.45, 7) is 13.3. The standard InChI is InChI=1S/C15H12O.C4H10.C3H9N.C2H6/c1-2-10-9-12-7-3-5-11-6-4-8-13(14(11)12)15(10)16;1-3-4-2;1-2-3-4;1-2/h3-9H,2H2,1H3;3-4H2,1-2H3;2-4H2,1H3;1-2H3. The second-order valence-corrected chi connectivity index (χ2v) is 5.89. The first-order valence-corrected chi connectivity index (χ1v) is 10.1. The molecule has 1 aliphatic rings. The summed E-state index contributed by atoms with van der Waals surface area (Å²) in [5.41, 5.74) is 7.96. The Kier molecular flexibility index (Phi) is 13.2. The molecule has 0 spiro atoms. The number of ketones is 1. The van der Waals surface area contributed by atoms with Crippen LogP contribution in [0.15, 0.2) is 42.0 Å². The largest absolute Gasteiger partial charge is 0.330 e. The first kappa shape index (κ1) is 24.1. The first-order valence-electron chi connectivity index (χ1n) is 10.1. The van der Waals surface area contributed by atoms with E-state index in [1.54, 1.807) is 0 Å². The lowest BCUT2D eigenvalue weighted by Crippen LogP contribution is -2.08. The van der Waals surface area contributed by atoms with Crippen LogP contribution in [0.1, 0.15) is 83.1 Å². The highest BCUT2D eigenvalue weighted by Gasteiger charge is 2.19. The van der Waals surface area contributed by atoms with Crippen molar-refractivity contribution in [2.24, 2.45) is 5.73 Å². The van der Waals surface area contributed by atoms with E-state index >= 15 is 0 Å². The number of carbonyl (C=O) groups excluding carboxylic acids is 1.